The summed E-state index contributed by atoms with van der Waals surface area (Å²) < 4.78 is 0. The fraction of sp³-hybridized carbons (Fsp3) is 0.938. The molecule has 2 heterocycles. The third-order valence-corrected chi connectivity index (χ3v) is 4.89. The average Bonchev–Trinajstić information content (AvgIpc) is 3.08. The summed E-state index contributed by atoms with van der Waals surface area (Å²) in [4.78, 5) is 14.8. The Bertz CT molecular complexity index is 315. The SMILES string of the molecule is CCCC(C)NC(=O)C(C)N1CCCC1C1CCCN1. The number of nitrogens with one attached hydrogen (secondary N) is 2. The van der Waals surface area contributed by atoms with Gasteiger partial charge in [-0.3, -0.25) is 9.69 Å². The van der Waals surface area contributed by atoms with Gasteiger partial charge in [0, 0.05) is 18.1 Å². The summed E-state index contributed by atoms with van der Waals surface area (Å²) >= 11 is 0. The van der Waals surface area contributed by atoms with Crippen LogP contribution in [-0.4, -0.2) is 48.1 Å². The van der Waals surface area contributed by atoms with E-state index in [4.69, 9.17) is 0 Å². The van der Waals surface area contributed by atoms with Crippen LogP contribution in [0.2, 0.25) is 0 Å². The summed E-state index contributed by atoms with van der Waals surface area (Å²) in [6.45, 7) is 8.55. The van der Waals surface area contributed by atoms with Gasteiger partial charge in [0.1, 0.15) is 0 Å². The molecule has 0 bridgehead atoms. The van der Waals surface area contributed by atoms with Crippen LogP contribution >= 0.6 is 0 Å². The molecule has 0 saturated carbocycles. The molecule has 4 atom stereocenters. The Labute approximate surface area is 123 Å². The molecule has 2 fully saturated rings. The van der Waals surface area contributed by atoms with Crippen molar-refractivity contribution in [1.29, 1.82) is 0 Å². The third kappa shape index (κ3) is 3.73. The smallest absolute Gasteiger partial charge is 0.237 e. The number of carbonyl (C=O) groups excluding carboxylic acids is 1. The fourth-order valence-corrected chi connectivity index (χ4v) is 3.79. The van der Waals surface area contributed by atoms with Crippen molar-refractivity contribution in [3.63, 3.8) is 0 Å². The van der Waals surface area contributed by atoms with Crippen molar-refractivity contribution in [3.8, 4) is 0 Å². The van der Waals surface area contributed by atoms with Crippen molar-refractivity contribution in [3.05, 3.63) is 0 Å². The van der Waals surface area contributed by atoms with Crippen molar-refractivity contribution >= 4 is 5.91 Å². The molecule has 0 spiro atoms. The van der Waals surface area contributed by atoms with Crippen LogP contribution in [0.3, 0.4) is 0 Å². The Kier molecular flexibility index (Phi) is 5.85. The first-order valence-electron chi connectivity index (χ1n) is 8.43. The number of hydrogen-bond donors (Lipinski definition) is 2. The molecule has 20 heavy (non-hydrogen) atoms. The molecule has 1 amide bonds. The fourth-order valence-electron chi connectivity index (χ4n) is 3.79. The highest BCUT2D eigenvalue weighted by molar-refractivity contribution is 5.81. The van der Waals surface area contributed by atoms with Crippen molar-refractivity contribution in [2.75, 3.05) is 13.1 Å². The molecule has 0 aliphatic carbocycles. The van der Waals surface area contributed by atoms with Gasteiger partial charge in [-0.1, -0.05) is 13.3 Å². The molecular weight excluding hydrogens is 250 g/mol. The highest BCUT2D eigenvalue weighted by Gasteiger charge is 2.37. The van der Waals surface area contributed by atoms with Crippen LogP contribution in [0.5, 0.6) is 0 Å². The molecule has 0 aromatic heterocycles. The van der Waals surface area contributed by atoms with E-state index in [-0.39, 0.29) is 11.9 Å². The zero-order chi connectivity index (χ0) is 14.5. The number of likely N-dealkylation sites (tertiary alicyclic amines) is 1. The van der Waals surface area contributed by atoms with E-state index in [1.165, 1.54) is 25.7 Å². The van der Waals surface area contributed by atoms with E-state index in [0.29, 0.717) is 18.1 Å². The molecule has 2 aliphatic rings. The van der Waals surface area contributed by atoms with Gasteiger partial charge in [0.2, 0.25) is 5.91 Å². The second kappa shape index (κ2) is 7.41. The van der Waals surface area contributed by atoms with Crippen LogP contribution in [0.15, 0.2) is 0 Å². The molecule has 0 radical (unpaired) electrons. The van der Waals surface area contributed by atoms with Crippen LogP contribution in [0.4, 0.5) is 0 Å². The van der Waals surface area contributed by atoms with Crippen LogP contribution < -0.4 is 10.6 Å². The first kappa shape index (κ1) is 15.8. The number of carbonyl (C=O) groups is 1. The van der Waals surface area contributed by atoms with Gasteiger partial charge in [0.25, 0.3) is 0 Å². The maximum absolute atomic E-state index is 12.4. The molecular formula is C16H31N3O. The van der Waals surface area contributed by atoms with E-state index >= 15 is 0 Å². The topological polar surface area (TPSA) is 44.4 Å². The number of hydrogen-bond acceptors (Lipinski definition) is 3. The molecule has 2 N–H and O–H groups in total. The average molecular weight is 281 g/mol. The molecule has 4 unspecified atom stereocenters. The van der Waals surface area contributed by atoms with Gasteiger partial charge in [0.15, 0.2) is 0 Å². The Hall–Kier alpha value is -0.610. The van der Waals surface area contributed by atoms with Gasteiger partial charge in [-0.15, -0.1) is 0 Å². The standard InChI is InChI=1S/C16H31N3O/c1-4-7-12(2)18-16(20)13(3)19-11-6-9-15(19)14-8-5-10-17-14/h12-15,17H,4-11H2,1-3H3,(H,18,20). The molecule has 0 aromatic rings. The second-order valence-electron chi connectivity index (χ2n) is 6.52. The maximum atomic E-state index is 12.4. The number of amides is 1. The molecule has 2 saturated heterocycles. The molecule has 2 aliphatic heterocycles. The molecule has 2 rings (SSSR count). The third-order valence-electron chi connectivity index (χ3n) is 4.89. The Morgan fingerprint density at radius 2 is 2.15 bits per heavy atom. The molecule has 4 nitrogen and oxygen atoms in total. The highest BCUT2D eigenvalue weighted by Crippen LogP contribution is 2.26. The molecule has 0 aromatic carbocycles. The quantitative estimate of drug-likeness (QED) is 0.781. The number of nitrogens with zero attached hydrogens (tertiary/aromatic N) is 1. The normalized spacial score (nSPS) is 30.4. The lowest BCUT2D eigenvalue weighted by Gasteiger charge is -2.34. The van der Waals surface area contributed by atoms with Crippen molar-refractivity contribution in [2.45, 2.75) is 83.5 Å². The number of rotatable bonds is 6. The first-order chi connectivity index (χ1) is 9.63. The minimum atomic E-state index is 0.00389. The zero-order valence-electron chi connectivity index (χ0n) is 13.3. The summed E-state index contributed by atoms with van der Waals surface area (Å²) in [7, 11) is 0. The minimum absolute atomic E-state index is 0.00389. The van der Waals surface area contributed by atoms with Gasteiger partial charge < -0.3 is 10.6 Å². The van der Waals surface area contributed by atoms with Crippen molar-refractivity contribution in [1.82, 2.24) is 15.5 Å². The zero-order valence-corrected chi connectivity index (χ0v) is 13.3. The lowest BCUT2D eigenvalue weighted by Crippen LogP contribution is -2.53. The Balaban J connectivity index is 1.89. The van der Waals surface area contributed by atoms with Crippen molar-refractivity contribution < 1.29 is 4.79 Å². The van der Waals surface area contributed by atoms with E-state index < -0.39 is 0 Å². The van der Waals surface area contributed by atoms with Crippen molar-refractivity contribution in [2.24, 2.45) is 0 Å². The van der Waals surface area contributed by atoms with E-state index in [1.807, 2.05) is 0 Å². The lowest BCUT2D eigenvalue weighted by atomic mass is 10.0. The summed E-state index contributed by atoms with van der Waals surface area (Å²) in [5, 5.41) is 6.78. The Morgan fingerprint density at radius 3 is 2.80 bits per heavy atom. The maximum Gasteiger partial charge on any atom is 0.237 e. The predicted octanol–water partition coefficient (Wildman–Crippen LogP) is 1.90. The van der Waals surface area contributed by atoms with E-state index in [1.54, 1.807) is 0 Å². The van der Waals surface area contributed by atoms with Crippen LogP contribution in [0.1, 0.15) is 59.3 Å². The summed E-state index contributed by atoms with van der Waals surface area (Å²) in [5.41, 5.74) is 0. The first-order valence-corrected chi connectivity index (χ1v) is 8.43. The van der Waals surface area contributed by atoms with Gasteiger partial charge in [-0.05, 0) is 59.0 Å². The lowest BCUT2D eigenvalue weighted by molar-refractivity contribution is -0.127. The largest absolute Gasteiger partial charge is 0.352 e. The van der Waals surface area contributed by atoms with Gasteiger partial charge in [-0.2, -0.15) is 0 Å². The summed E-state index contributed by atoms with van der Waals surface area (Å²) in [6.07, 6.45) is 7.19. The van der Waals surface area contributed by atoms with Crippen LogP contribution in [-0.2, 0) is 4.79 Å². The van der Waals surface area contributed by atoms with E-state index in [0.717, 1.165) is 25.9 Å². The molecule has 4 heteroatoms. The minimum Gasteiger partial charge on any atom is -0.352 e. The van der Waals surface area contributed by atoms with E-state index in [9.17, 15) is 4.79 Å². The van der Waals surface area contributed by atoms with Crippen LogP contribution in [0, 0.1) is 0 Å². The van der Waals surface area contributed by atoms with E-state index in [2.05, 4.69) is 36.3 Å². The summed E-state index contributed by atoms with van der Waals surface area (Å²) in [6, 6.07) is 1.45. The van der Waals surface area contributed by atoms with Gasteiger partial charge in [-0.25, -0.2) is 0 Å². The van der Waals surface area contributed by atoms with Gasteiger partial charge in [0.05, 0.1) is 6.04 Å². The monoisotopic (exact) mass is 281 g/mol. The highest BCUT2D eigenvalue weighted by atomic mass is 16.2. The molecule has 116 valence electrons. The summed E-state index contributed by atoms with van der Waals surface area (Å²) in [5.74, 6) is 0.204. The van der Waals surface area contributed by atoms with Crippen LogP contribution in [0.25, 0.3) is 0 Å². The Morgan fingerprint density at radius 1 is 1.35 bits per heavy atom. The second-order valence-corrected chi connectivity index (χ2v) is 6.52. The predicted molar refractivity (Wildman–Crippen MR) is 82.7 cm³/mol. The van der Waals surface area contributed by atoms with Gasteiger partial charge >= 0.3 is 0 Å².